The van der Waals surface area contributed by atoms with E-state index in [0.29, 0.717) is 6.54 Å². The normalized spacial score (nSPS) is 27.7. The van der Waals surface area contributed by atoms with E-state index in [1.165, 1.54) is 33.3 Å². The van der Waals surface area contributed by atoms with Crippen LogP contribution in [0.2, 0.25) is 0 Å². The highest BCUT2D eigenvalue weighted by molar-refractivity contribution is 5.78. The lowest BCUT2D eigenvalue weighted by Crippen LogP contribution is -2.57. The first kappa shape index (κ1) is 20.2. The molecule has 0 aromatic heterocycles. The van der Waals surface area contributed by atoms with Crippen molar-refractivity contribution in [3.63, 3.8) is 0 Å². The second-order valence-corrected chi connectivity index (χ2v) is 9.16. The smallest absolute Gasteiger partial charge is 0.223 e. The van der Waals surface area contributed by atoms with Gasteiger partial charge in [0.2, 0.25) is 11.8 Å². The van der Waals surface area contributed by atoms with E-state index < -0.39 is 49.4 Å². The fourth-order valence-electron chi connectivity index (χ4n) is 4.50. The number of ether oxygens (including phenoxy) is 4. The molecular weight excluding hydrogens is 484 g/mol. The van der Waals surface area contributed by atoms with Gasteiger partial charge in [0, 0.05) is 77.1 Å². The molecule has 8 heteroatoms. The lowest BCUT2D eigenvalue weighted by molar-refractivity contribution is -0.256. The van der Waals surface area contributed by atoms with Crippen molar-refractivity contribution < 1.29 is 39.5 Å². The fraction of sp³-hybridized carbons (Fsp3) is 0.533. The molecule has 0 saturated carbocycles. The Morgan fingerprint density at radius 3 is 1.58 bits per heavy atom. The number of rotatable bonds is 8. The third-order valence-electron chi connectivity index (χ3n) is 6.89. The largest absolute Gasteiger partial charge is 0.351 e. The van der Waals surface area contributed by atoms with Crippen molar-refractivity contribution in [3.8, 4) is 0 Å². The number of likely N-dealkylation sites (tertiary alicyclic amines) is 2. The number of amides is 2. The molecule has 0 aliphatic carbocycles. The van der Waals surface area contributed by atoms with Gasteiger partial charge in [0.1, 0.15) is 0 Å². The van der Waals surface area contributed by atoms with Crippen LogP contribution in [-0.2, 0) is 41.6 Å². The van der Waals surface area contributed by atoms with Gasteiger partial charge in [-0.05, 0) is 11.1 Å². The predicted octanol–water partition coefficient (Wildman–Crippen LogP) is 4.09. The minimum atomic E-state index is -2.76. The molecule has 2 saturated heterocycles. The first-order valence-electron chi connectivity index (χ1n) is 16.3. The van der Waals surface area contributed by atoms with Crippen LogP contribution in [0.15, 0.2) is 60.7 Å². The zero-order valence-corrected chi connectivity index (χ0v) is 22.3. The van der Waals surface area contributed by atoms with E-state index in [9.17, 15) is 9.59 Å². The summed E-state index contributed by atoms with van der Waals surface area (Å²) in [4.78, 5) is 27.8. The van der Waals surface area contributed by atoms with Gasteiger partial charge in [-0.2, -0.15) is 0 Å². The second kappa shape index (κ2) is 13.3. The number of nitrogens with zero attached hydrogens (tertiary/aromatic N) is 2. The average Bonchev–Trinajstić information content (AvgIpc) is 3.00. The van der Waals surface area contributed by atoms with E-state index >= 15 is 0 Å². The molecule has 0 radical (unpaired) electrons. The SMILES string of the molecule is [2H]C([2H])([2H])C1C(OC)(OC)CN(Cc2ccccc2)C(=O)C1([2H])[2H].[2H]C([2H])([2H])C1CC(=O)N(Cc2ccccc2)CC1(OC)OC. The topological polar surface area (TPSA) is 77.5 Å². The highest BCUT2D eigenvalue weighted by Crippen LogP contribution is 2.33. The number of carbonyl (C=O) groups excluding carboxylic acids is 2. The van der Waals surface area contributed by atoms with Gasteiger partial charge in [0.15, 0.2) is 11.6 Å². The van der Waals surface area contributed by atoms with Crippen molar-refractivity contribution in [1.29, 1.82) is 0 Å². The van der Waals surface area contributed by atoms with Crippen molar-refractivity contribution in [2.45, 2.75) is 51.2 Å². The Morgan fingerprint density at radius 1 is 0.737 bits per heavy atom. The molecule has 4 rings (SSSR count). The summed E-state index contributed by atoms with van der Waals surface area (Å²) in [6.07, 6.45) is -2.77. The third-order valence-corrected chi connectivity index (χ3v) is 6.89. The van der Waals surface area contributed by atoms with Crippen molar-refractivity contribution in [1.82, 2.24) is 9.80 Å². The molecule has 0 bridgehead atoms. The molecular formula is C30H42N2O6. The summed E-state index contributed by atoms with van der Waals surface area (Å²) >= 11 is 0. The predicted molar refractivity (Wildman–Crippen MR) is 145 cm³/mol. The molecule has 2 amide bonds. The standard InChI is InChI=1S/2C15H21NO3/c2*1-12-9-14(17)16(11-15(12,18-2)19-3)10-13-7-5-4-6-8-13/h2*4-8,12H,9-11H2,1-3H3/i1D3,9D2;1D3. The molecule has 2 aromatic carbocycles. The maximum absolute atomic E-state index is 12.6. The van der Waals surface area contributed by atoms with Crippen molar-refractivity contribution >= 4 is 11.8 Å². The van der Waals surface area contributed by atoms with Gasteiger partial charge in [-0.3, -0.25) is 9.59 Å². The second-order valence-electron chi connectivity index (χ2n) is 9.16. The van der Waals surface area contributed by atoms with E-state index in [-0.39, 0.29) is 32.0 Å². The molecule has 208 valence electrons. The van der Waals surface area contributed by atoms with Crippen LogP contribution in [0, 0.1) is 11.8 Å². The summed E-state index contributed by atoms with van der Waals surface area (Å²) in [5.41, 5.74) is 1.78. The monoisotopic (exact) mass is 534 g/mol. The van der Waals surface area contributed by atoms with Crippen LogP contribution in [0.4, 0.5) is 0 Å². The van der Waals surface area contributed by atoms with Crippen LogP contribution in [-0.4, -0.2) is 74.7 Å². The zero-order chi connectivity index (χ0) is 34.6. The molecule has 2 aliphatic rings. The van der Waals surface area contributed by atoms with E-state index in [4.69, 9.17) is 29.9 Å². The van der Waals surface area contributed by atoms with E-state index in [1.54, 1.807) is 17.0 Å². The van der Waals surface area contributed by atoms with E-state index in [1.807, 2.05) is 48.5 Å². The number of carbonyl (C=O) groups is 2. The fourth-order valence-corrected chi connectivity index (χ4v) is 4.50. The molecule has 8 nitrogen and oxygen atoms in total. The Morgan fingerprint density at radius 2 is 1.16 bits per heavy atom. The minimum absolute atomic E-state index is 0.0940. The lowest BCUT2D eigenvalue weighted by Gasteiger charge is -2.44. The molecule has 38 heavy (non-hydrogen) atoms. The highest BCUT2D eigenvalue weighted by atomic mass is 16.7. The summed E-state index contributed by atoms with van der Waals surface area (Å²) in [6, 6.07) is 18.6. The van der Waals surface area contributed by atoms with Gasteiger partial charge in [-0.15, -0.1) is 0 Å². The van der Waals surface area contributed by atoms with Gasteiger partial charge < -0.3 is 28.7 Å². The Balaban J connectivity index is 0.000000251. The Labute approximate surface area is 238 Å². The molecule has 2 atom stereocenters. The summed E-state index contributed by atoms with van der Waals surface area (Å²) in [5.74, 6) is -6.85. The van der Waals surface area contributed by atoms with Gasteiger partial charge in [-0.1, -0.05) is 74.4 Å². The summed E-state index contributed by atoms with van der Waals surface area (Å²) in [6.45, 7) is -4.61. The van der Waals surface area contributed by atoms with Gasteiger partial charge in [0.25, 0.3) is 0 Å². The molecule has 2 fully saturated rings. The molecule has 0 N–H and O–H groups in total. The molecule has 2 unspecified atom stereocenters. The number of hydrogen-bond donors (Lipinski definition) is 0. The Kier molecular flexibility index (Phi) is 7.08. The van der Waals surface area contributed by atoms with Crippen LogP contribution in [0.5, 0.6) is 0 Å². The minimum Gasteiger partial charge on any atom is -0.351 e. The van der Waals surface area contributed by atoms with Gasteiger partial charge in [0.05, 0.1) is 13.1 Å². The Bertz CT molecular complexity index is 1300. The van der Waals surface area contributed by atoms with Crippen molar-refractivity contribution in [2.24, 2.45) is 11.8 Å². The number of benzene rings is 2. The first-order valence-corrected chi connectivity index (χ1v) is 12.3. The zero-order valence-electron chi connectivity index (χ0n) is 30.3. The first-order chi connectivity index (χ1) is 21.4. The number of methoxy groups -OCH3 is 4. The van der Waals surface area contributed by atoms with E-state index in [0.717, 1.165) is 11.1 Å². The van der Waals surface area contributed by atoms with Gasteiger partial charge >= 0.3 is 0 Å². The number of piperidine rings is 2. The van der Waals surface area contributed by atoms with Crippen LogP contribution >= 0.6 is 0 Å². The number of hydrogen-bond acceptors (Lipinski definition) is 6. The lowest BCUT2D eigenvalue weighted by atomic mass is 9.91. The molecule has 0 spiro atoms. The van der Waals surface area contributed by atoms with Crippen LogP contribution < -0.4 is 0 Å². The molecule has 2 heterocycles. The summed E-state index contributed by atoms with van der Waals surface area (Å²) in [7, 11) is 5.35. The third kappa shape index (κ3) is 6.80. The van der Waals surface area contributed by atoms with E-state index in [2.05, 4.69) is 0 Å². The van der Waals surface area contributed by atoms with Crippen molar-refractivity contribution in [2.75, 3.05) is 41.5 Å². The van der Waals surface area contributed by atoms with Crippen LogP contribution in [0.1, 0.15) is 48.6 Å². The summed E-state index contributed by atoms with van der Waals surface area (Å²) in [5, 5.41) is 0. The average molecular weight is 535 g/mol. The summed E-state index contributed by atoms with van der Waals surface area (Å²) < 4.78 is 83.8. The highest BCUT2D eigenvalue weighted by Gasteiger charge is 2.46. The van der Waals surface area contributed by atoms with Crippen LogP contribution in [0.3, 0.4) is 0 Å². The van der Waals surface area contributed by atoms with Crippen molar-refractivity contribution in [3.05, 3.63) is 71.8 Å². The Hall–Kier alpha value is -2.78. The quantitative estimate of drug-likeness (QED) is 0.475. The maximum Gasteiger partial charge on any atom is 0.223 e. The molecule has 2 aromatic rings. The maximum atomic E-state index is 12.6. The molecule has 2 aliphatic heterocycles. The van der Waals surface area contributed by atoms with Crippen LogP contribution in [0.25, 0.3) is 0 Å². The van der Waals surface area contributed by atoms with Gasteiger partial charge in [-0.25, -0.2) is 0 Å².